The highest BCUT2D eigenvalue weighted by Gasteiger charge is 2.12. The van der Waals surface area contributed by atoms with Gasteiger partial charge in [-0.1, -0.05) is 143 Å². The smallest absolute Gasteiger partial charge is 0.00670 e. The lowest BCUT2D eigenvalue weighted by molar-refractivity contribution is 0.356. The summed E-state index contributed by atoms with van der Waals surface area (Å²) in [4.78, 5) is 0. The van der Waals surface area contributed by atoms with Crippen molar-refractivity contribution in [1.29, 1.82) is 0 Å². The van der Waals surface area contributed by atoms with Crippen LogP contribution in [0.5, 0.6) is 0 Å². The predicted octanol–water partition coefficient (Wildman–Crippen LogP) is 9.97. The first kappa shape index (κ1) is 29.0. The van der Waals surface area contributed by atoms with Gasteiger partial charge in [0.2, 0.25) is 0 Å². The number of rotatable bonds is 24. The predicted molar refractivity (Wildman–Crippen MR) is 135 cm³/mol. The first-order valence-electron chi connectivity index (χ1n) is 14.0. The molecule has 0 rings (SSSR count). The molecule has 2 unspecified atom stereocenters. The summed E-state index contributed by atoms with van der Waals surface area (Å²) in [5.41, 5.74) is 0. The van der Waals surface area contributed by atoms with E-state index in [0.29, 0.717) is 0 Å². The lowest BCUT2D eigenvalue weighted by atomic mass is 9.99. The Kier molecular flexibility index (Phi) is 24.2. The molecule has 1 N–H and O–H groups in total. The van der Waals surface area contributed by atoms with E-state index in [0.717, 1.165) is 12.1 Å². The van der Waals surface area contributed by atoms with Gasteiger partial charge in [-0.15, -0.1) is 0 Å². The third-order valence-electron chi connectivity index (χ3n) is 6.77. The lowest BCUT2D eigenvalue weighted by Crippen LogP contribution is -2.37. The molecule has 2 atom stereocenters. The molecule has 0 saturated heterocycles. The molecule has 0 aromatic rings. The van der Waals surface area contributed by atoms with E-state index in [2.05, 4.69) is 33.0 Å². The number of nitrogens with one attached hydrogen (secondary N) is 1. The van der Waals surface area contributed by atoms with Gasteiger partial charge in [0.25, 0.3) is 0 Å². The van der Waals surface area contributed by atoms with Crippen molar-refractivity contribution in [3.63, 3.8) is 0 Å². The maximum Gasteiger partial charge on any atom is 0.00670 e. The fourth-order valence-electron chi connectivity index (χ4n) is 4.55. The second-order valence-electron chi connectivity index (χ2n) is 9.61. The fraction of sp³-hybridized carbons (Fsp3) is 1.00. The minimum absolute atomic E-state index is 0.753. The van der Waals surface area contributed by atoms with Gasteiger partial charge in [0.15, 0.2) is 0 Å². The average Bonchev–Trinajstić information content (AvgIpc) is 2.74. The van der Waals surface area contributed by atoms with Crippen LogP contribution in [0.25, 0.3) is 0 Å². The molecule has 0 saturated carbocycles. The zero-order chi connectivity index (χ0) is 21.4. The molecule has 0 aliphatic carbocycles. The van der Waals surface area contributed by atoms with Crippen molar-refractivity contribution in [2.45, 2.75) is 181 Å². The highest BCUT2D eigenvalue weighted by Crippen LogP contribution is 2.15. The zero-order valence-electron chi connectivity index (χ0n) is 21.2. The molecule has 0 aliphatic heterocycles. The molecule has 0 amide bonds. The normalized spacial score (nSPS) is 13.7. The summed E-state index contributed by atoms with van der Waals surface area (Å²) in [6.07, 6.45) is 31.3. The Balaban J connectivity index is 3.62. The zero-order valence-corrected chi connectivity index (χ0v) is 21.2. The van der Waals surface area contributed by atoms with Crippen LogP contribution in [0.1, 0.15) is 169 Å². The number of hydrogen-bond donors (Lipinski definition) is 1. The van der Waals surface area contributed by atoms with Crippen LogP contribution in [0.2, 0.25) is 0 Å². The highest BCUT2D eigenvalue weighted by atomic mass is 14.9. The van der Waals surface area contributed by atoms with Crippen molar-refractivity contribution < 1.29 is 0 Å². The molecule has 0 radical (unpaired) electrons. The number of unbranched alkanes of at least 4 members (excludes halogenated alkanes) is 16. The monoisotopic (exact) mass is 409 g/mol. The molecule has 0 bridgehead atoms. The highest BCUT2D eigenvalue weighted by molar-refractivity contribution is 4.73. The molecule has 0 aromatic carbocycles. The molecule has 29 heavy (non-hydrogen) atoms. The molecule has 0 aliphatic rings. The molecule has 0 heterocycles. The third kappa shape index (κ3) is 21.0. The lowest BCUT2D eigenvalue weighted by Gasteiger charge is -2.24. The van der Waals surface area contributed by atoms with Crippen LogP contribution >= 0.6 is 0 Å². The topological polar surface area (TPSA) is 12.0 Å². The Labute approximate surface area is 186 Å². The summed E-state index contributed by atoms with van der Waals surface area (Å²) in [5.74, 6) is 0. The van der Waals surface area contributed by atoms with Crippen LogP contribution in [0.15, 0.2) is 0 Å². The Morgan fingerprint density at radius 3 is 0.931 bits per heavy atom. The first-order chi connectivity index (χ1) is 14.3. The largest absolute Gasteiger partial charge is 0.311 e. The van der Waals surface area contributed by atoms with Crippen molar-refractivity contribution in [3.05, 3.63) is 0 Å². The molecule has 0 aromatic heterocycles. The Bertz CT molecular complexity index is 260. The van der Waals surface area contributed by atoms with Crippen LogP contribution in [0.3, 0.4) is 0 Å². The molecular formula is C28H59N. The third-order valence-corrected chi connectivity index (χ3v) is 6.77. The minimum Gasteiger partial charge on any atom is -0.311 e. The quantitative estimate of drug-likeness (QED) is 0.156. The van der Waals surface area contributed by atoms with Gasteiger partial charge in [-0.25, -0.2) is 0 Å². The van der Waals surface area contributed by atoms with Gasteiger partial charge in [-0.3, -0.25) is 0 Å². The molecule has 1 nitrogen and oxygen atoms in total. The van der Waals surface area contributed by atoms with Crippen LogP contribution < -0.4 is 5.32 Å². The average molecular weight is 410 g/mol. The van der Waals surface area contributed by atoms with Crippen molar-refractivity contribution >= 4 is 0 Å². The van der Waals surface area contributed by atoms with E-state index in [1.54, 1.807) is 0 Å². The molecule has 1 heteroatoms. The van der Waals surface area contributed by atoms with Crippen LogP contribution in [0, 0.1) is 0 Å². The van der Waals surface area contributed by atoms with Gasteiger partial charge >= 0.3 is 0 Å². The van der Waals surface area contributed by atoms with E-state index in [4.69, 9.17) is 0 Å². The Hall–Kier alpha value is -0.0400. The van der Waals surface area contributed by atoms with Crippen molar-refractivity contribution in [1.82, 2.24) is 5.32 Å². The summed E-state index contributed by atoms with van der Waals surface area (Å²) in [7, 11) is 0. The fourth-order valence-corrected chi connectivity index (χ4v) is 4.55. The van der Waals surface area contributed by atoms with E-state index >= 15 is 0 Å². The maximum absolute atomic E-state index is 4.00. The molecule has 176 valence electrons. The van der Waals surface area contributed by atoms with Gasteiger partial charge in [0, 0.05) is 12.1 Å². The van der Waals surface area contributed by atoms with Gasteiger partial charge in [-0.05, 0) is 25.7 Å². The Morgan fingerprint density at radius 1 is 0.379 bits per heavy atom. The SMILES string of the molecule is CCCCCCCCCCCC(CC)NC(CC)CCCCCCCCCCC. The standard InChI is InChI=1S/C28H59N/c1-5-9-11-13-15-17-19-21-23-25-27(7-3)29-28(8-4)26-24-22-20-18-16-14-12-10-6-2/h27-29H,5-26H2,1-4H3. The second kappa shape index (κ2) is 24.2. The summed E-state index contributed by atoms with van der Waals surface area (Å²) in [6.45, 7) is 9.35. The van der Waals surface area contributed by atoms with Crippen molar-refractivity contribution in [2.75, 3.05) is 0 Å². The maximum atomic E-state index is 4.00. The van der Waals surface area contributed by atoms with E-state index in [-0.39, 0.29) is 0 Å². The van der Waals surface area contributed by atoms with Gasteiger partial charge in [-0.2, -0.15) is 0 Å². The molecule has 0 spiro atoms. The molecular weight excluding hydrogens is 350 g/mol. The van der Waals surface area contributed by atoms with Crippen LogP contribution in [-0.4, -0.2) is 12.1 Å². The van der Waals surface area contributed by atoms with Crippen LogP contribution in [-0.2, 0) is 0 Å². The van der Waals surface area contributed by atoms with Gasteiger partial charge in [0.1, 0.15) is 0 Å². The van der Waals surface area contributed by atoms with E-state index in [1.165, 1.54) is 141 Å². The molecule has 0 fully saturated rings. The van der Waals surface area contributed by atoms with E-state index < -0.39 is 0 Å². The second-order valence-corrected chi connectivity index (χ2v) is 9.61. The van der Waals surface area contributed by atoms with Crippen molar-refractivity contribution in [2.24, 2.45) is 0 Å². The number of hydrogen-bond acceptors (Lipinski definition) is 1. The van der Waals surface area contributed by atoms with Gasteiger partial charge in [0.05, 0.1) is 0 Å². The Morgan fingerprint density at radius 2 is 0.655 bits per heavy atom. The first-order valence-corrected chi connectivity index (χ1v) is 14.0. The summed E-state index contributed by atoms with van der Waals surface area (Å²) in [6, 6.07) is 1.51. The summed E-state index contributed by atoms with van der Waals surface area (Å²) >= 11 is 0. The van der Waals surface area contributed by atoms with E-state index in [9.17, 15) is 0 Å². The van der Waals surface area contributed by atoms with E-state index in [1.807, 2.05) is 0 Å². The van der Waals surface area contributed by atoms with Crippen LogP contribution in [0.4, 0.5) is 0 Å². The van der Waals surface area contributed by atoms with Crippen molar-refractivity contribution in [3.8, 4) is 0 Å². The summed E-state index contributed by atoms with van der Waals surface area (Å²) in [5, 5.41) is 4.00. The van der Waals surface area contributed by atoms with Gasteiger partial charge < -0.3 is 5.32 Å². The summed E-state index contributed by atoms with van der Waals surface area (Å²) < 4.78 is 0. The minimum atomic E-state index is 0.753.